The van der Waals surface area contributed by atoms with E-state index in [0.29, 0.717) is 22.4 Å². The van der Waals surface area contributed by atoms with Crippen molar-refractivity contribution in [2.45, 2.75) is 6.54 Å². The van der Waals surface area contributed by atoms with Crippen molar-refractivity contribution in [3.05, 3.63) is 45.3 Å². The molecule has 84 valence electrons. The van der Waals surface area contributed by atoms with E-state index in [2.05, 4.69) is 21.0 Å². The number of hydrogen-bond donors (Lipinski definition) is 1. The Bertz CT molecular complexity index is 507. The SMILES string of the molecule is Nc1nn(Cc2cccc(Cl)c2F)cc1Br. The van der Waals surface area contributed by atoms with E-state index in [1.807, 2.05) is 0 Å². The number of rotatable bonds is 2. The van der Waals surface area contributed by atoms with Gasteiger partial charge in [-0.2, -0.15) is 5.10 Å². The van der Waals surface area contributed by atoms with Crippen molar-refractivity contribution < 1.29 is 4.39 Å². The summed E-state index contributed by atoms with van der Waals surface area (Å²) in [6, 6.07) is 4.86. The van der Waals surface area contributed by atoms with E-state index in [1.165, 1.54) is 6.07 Å². The van der Waals surface area contributed by atoms with Gasteiger partial charge in [-0.1, -0.05) is 23.7 Å². The summed E-state index contributed by atoms with van der Waals surface area (Å²) in [4.78, 5) is 0. The van der Waals surface area contributed by atoms with E-state index in [9.17, 15) is 4.39 Å². The molecule has 0 unspecified atom stereocenters. The highest BCUT2D eigenvalue weighted by Crippen LogP contribution is 2.21. The van der Waals surface area contributed by atoms with Crippen LogP contribution in [0, 0.1) is 5.82 Å². The molecule has 2 rings (SSSR count). The van der Waals surface area contributed by atoms with Gasteiger partial charge in [0, 0.05) is 11.8 Å². The molecule has 0 radical (unpaired) electrons. The van der Waals surface area contributed by atoms with E-state index in [0.717, 1.165) is 0 Å². The zero-order chi connectivity index (χ0) is 11.7. The second-order valence-electron chi connectivity index (χ2n) is 3.27. The first-order valence-electron chi connectivity index (χ1n) is 4.49. The van der Waals surface area contributed by atoms with Gasteiger partial charge in [-0.25, -0.2) is 4.39 Å². The van der Waals surface area contributed by atoms with Gasteiger partial charge in [-0.15, -0.1) is 0 Å². The maximum atomic E-state index is 13.6. The number of nitrogen functional groups attached to an aromatic ring is 1. The lowest BCUT2D eigenvalue weighted by Gasteiger charge is -2.04. The number of anilines is 1. The first-order chi connectivity index (χ1) is 7.58. The van der Waals surface area contributed by atoms with Crippen LogP contribution >= 0.6 is 27.5 Å². The fourth-order valence-corrected chi connectivity index (χ4v) is 1.85. The highest BCUT2D eigenvalue weighted by Gasteiger charge is 2.08. The van der Waals surface area contributed by atoms with Gasteiger partial charge in [0.1, 0.15) is 5.82 Å². The lowest BCUT2D eigenvalue weighted by molar-refractivity contribution is 0.586. The number of benzene rings is 1. The van der Waals surface area contributed by atoms with Crippen LogP contribution in [0.25, 0.3) is 0 Å². The third-order valence-corrected chi connectivity index (χ3v) is 3.01. The quantitative estimate of drug-likeness (QED) is 0.926. The van der Waals surface area contributed by atoms with Gasteiger partial charge in [0.25, 0.3) is 0 Å². The highest BCUT2D eigenvalue weighted by molar-refractivity contribution is 9.10. The minimum atomic E-state index is -0.422. The maximum absolute atomic E-state index is 13.6. The summed E-state index contributed by atoms with van der Waals surface area (Å²) in [7, 11) is 0. The van der Waals surface area contributed by atoms with Crippen LogP contribution in [-0.4, -0.2) is 9.78 Å². The molecule has 3 nitrogen and oxygen atoms in total. The normalized spacial score (nSPS) is 10.7. The molecule has 0 aliphatic carbocycles. The minimum Gasteiger partial charge on any atom is -0.381 e. The number of halogens is 3. The van der Waals surface area contributed by atoms with Crippen LogP contribution in [-0.2, 0) is 6.54 Å². The molecule has 1 heterocycles. The van der Waals surface area contributed by atoms with Crippen LogP contribution in [0.15, 0.2) is 28.9 Å². The molecule has 0 amide bonds. The average molecular weight is 305 g/mol. The van der Waals surface area contributed by atoms with Crippen molar-refractivity contribution in [2.75, 3.05) is 5.73 Å². The smallest absolute Gasteiger partial charge is 0.159 e. The lowest BCUT2D eigenvalue weighted by Crippen LogP contribution is -2.03. The first kappa shape index (κ1) is 11.4. The molecule has 0 bridgehead atoms. The second-order valence-corrected chi connectivity index (χ2v) is 4.53. The van der Waals surface area contributed by atoms with Gasteiger partial charge in [-0.05, 0) is 22.0 Å². The number of aromatic nitrogens is 2. The maximum Gasteiger partial charge on any atom is 0.159 e. The van der Waals surface area contributed by atoms with Crippen molar-refractivity contribution in [2.24, 2.45) is 0 Å². The van der Waals surface area contributed by atoms with Crippen molar-refractivity contribution in [3.63, 3.8) is 0 Å². The average Bonchev–Trinajstić information content (AvgIpc) is 2.54. The third-order valence-electron chi connectivity index (χ3n) is 2.11. The Morgan fingerprint density at radius 3 is 2.88 bits per heavy atom. The molecule has 6 heteroatoms. The monoisotopic (exact) mass is 303 g/mol. The Kier molecular flexibility index (Phi) is 3.16. The van der Waals surface area contributed by atoms with E-state index in [1.54, 1.807) is 23.0 Å². The van der Waals surface area contributed by atoms with Crippen LogP contribution in [0.1, 0.15) is 5.56 Å². The minimum absolute atomic E-state index is 0.108. The van der Waals surface area contributed by atoms with Crippen LogP contribution in [0.2, 0.25) is 5.02 Å². The Labute approximate surface area is 105 Å². The van der Waals surface area contributed by atoms with Crippen LogP contribution in [0.4, 0.5) is 10.2 Å². The molecule has 0 spiro atoms. The van der Waals surface area contributed by atoms with Crippen molar-refractivity contribution in [1.29, 1.82) is 0 Å². The first-order valence-corrected chi connectivity index (χ1v) is 5.66. The predicted octanol–water partition coefficient (Wildman–Crippen LogP) is 3.07. The summed E-state index contributed by atoms with van der Waals surface area (Å²) < 4.78 is 15.8. The fraction of sp³-hybridized carbons (Fsp3) is 0.100. The predicted molar refractivity (Wildman–Crippen MR) is 64.9 cm³/mol. The molecule has 0 saturated heterocycles. The molecule has 2 N–H and O–H groups in total. The summed E-state index contributed by atoms with van der Waals surface area (Å²) in [5.41, 5.74) is 6.04. The molecule has 2 aromatic rings. The molecular formula is C10H8BrClFN3. The molecular weight excluding hydrogens is 296 g/mol. The van der Waals surface area contributed by atoms with Gasteiger partial charge in [-0.3, -0.25) is 4.68 Å². The fourth-order valence-electron chi connectivity index (χ4n) is 1.34. The van der Waals surface area contributed by atoms with Crippen LogP contribution in [0.5, 0.6) is 0 Å². The third kappa shape index (κ3) is 2.20. The largest absolute Gasteiger partial charge is 0.381 e. The molecule has 1 aromatic heterocycles. The summed E-state index contributed by atoms with van der Waals surface area (Å²) in [5.74, 6) is -0.0446. The molecule has 16 heavy (non-hydrogen) atoms. The number of nitrogens with two attached hydrogens (primary N) is 1. The second kappa shape index (κ2) is 4.43. The van der Waals surface area contributed by atoms with E-state index < -0.39 is 5.82 Å². The molecule has 1 aromatic carbocycles. The molecule has 0 saturated carbocycles. The van der Waals surface area contributed by atoms with E-state index in [4.69, 9.17) is 17.3 Å². The van der Waals surface area contributed by atoms with Gasteiger partial charge >= 0.3 is 0 Å². The van der Waals surface area contributed by atoms with Gasteiger partial charge < -0.3 is 5.73 Å². The zero-order valence-electron chi connectivity index (χ0n) is 8.12. The zero-order valence-corrected chi connectivity index (χ0v) is 10.5. The van der Waals surface area contributed by atoms with Gasteiger partial charge in [0.05, 0.1) is 16.0 Å². The van der Waals surface area contributed by atoms with Crippen molar-refractivity contribution in [3.8, 4) is 0 Å². The summed E-state index contributed by atoms with van der Waals surface area (Å²) in [6.45, 7) is 0.294. The summed E-state index contributed by atoms with van der Waals surface area (Å²) in [5, 5.41) is 4.12. The topological polar surface area (TPSA) is 43.8 Å². The highest BCUT2D eigenvalue weighted by atomic mass is 79.9. The van der Waals surface area contributed by atoms with Crippen LogP contribution < -0.4 is 5.73 Å². The van der Waals surface area contributed by atoms with Crippen LogP contribution in [0.3, 0.4) is 0 Å². The Hall–Kier alpha value is -1.07. The van der Waals surface area contributed by atoms with Crippen molar-refractivity contribution >= 4 is 33.3 Å². The van der Waals surface area contributed by atoms with Gasteiger partial charge in [0.2, 0.25) is 0 Å². The Balaban J connectivity index is 2.30. The summed E-state index contributed by atoms with van der Waals surface area (Å²) in [6.07, 6.45) is 1.69. The molecule has 0 aliphatic rings. The van der Waals surface area contributed by atoms with Gasteiger partial charge in [0.15, 0.2) is 5.82 Å². The molecule has 0 aliphatic heterocycles. The van der Waals surface area contributed by atoms with E-state index in [-0.39, 0.29) is 5.02 Å². The number of nitrogens with zero attached hydrogens (tertiary/aromatic N) is 2. The summed E-state index contributed by atoms with van der Waals surface area (Å²) >= 11 is 8.91. The van der Waals surface area contributed by atoms with E-state index >= 15 is 0 Å². The Morgan fingerprint density at radius 1 is 1.50 bits per heavy atom. The molecule has 0 fully saturated rings. The standard InChI is InChI=1S/C10H8BrClFN3/c11-7-5-16(15-10(7)14)4-6-2-1-3-8(12)9(6)13/h1-3,5H,4H2,(H2,14,15). The van der Waals surface area contributed by atoms with Crippen molar-refractivity contribution in [1.82, 2.24) is 9.78 Å². The number of hydrogen-bond acceptors (Lipinski definition) is 2. The lowest BCUT2D eigenvalue weighted by atomic mass is 10.2. The molecule has 0 atom stereocenters. The Morgan fingerprint density at radius 2 is 2.25 bits per heavy atom.